The summed E-state index contributed by atoms with van der Waals surface area (Å²) in [4.78, 5) is 0. The zero-order valence-electron chi connectivity index (χ0n) is 8.78. The number of nitrogens with zero attached hydrogens (tertiary/aromatic N) is 1. The molecule has 1 unspecified atom stereocenters. The highest BCUT2D eigenvalue weighted by Crippen LogP contribution is 2.06. The van der Waals surface area contributed by atoms with Crippen LogP contribution >= 0.6 is 0 Å². The zero-order valence-corrected chi connectivity index (χ0v) is 9.60. The predicted octanol–water partition coefficient (Wildman–Crippen LogP) is -0.475. The van der Waals surface area contributed by atoms with Gasteiger partial charge in [0.05, 0.1) is 0 Å². The van der Waals surface area contributed by atoms with Crippen LogP contribution in [0.15, 0.2) is 0 Å². The van der Waals surface area contributed by atoms with Crippen molar-refractivity contribution in [2.24, 2.45) is 0 Å². The van der Waals surface area contributed by atoms with Gasteiger partial charge >= 0.3 is 0 Å². The van der Waals surface area contributed by atoms with Crippen molar-refractivity contribution in [2.75, 3.05) is 27.2 Å². The average Bonchev–Trinajstić information content (AvgIpc) is 2.16. The highest BCUT2D eigenvalue weighted by atomic mass is 32.2. The fraction of sp³-hybridized carbons (Fsp3) is 1.00. The van der Waals surface area contributed by atoms with E-state index in [9.17, 15) is 8.42 Å². The minimum atomic E-state index is -3.25. The number of piperidine rings is 1. The first kappa shape index (κ1) is 11.9. The zero-order chi connectivity index (χ0) is 10.6. The molecule has 0 aromatic heterocycles. The minimum Gasteiger partial charge on any atom is -0.313 e. The molecule has 0 spiro atoms. The molecular weight excluding hydrogens is 202 g/mol. The lowest BCUT2D eigenvalue weighted by atomic mass is 10.1. The highest BCUT2D eigenvalue weighted by molar-refractivity contribution is 7.87. The Hall–Kier alpha value is -0.170. The molecule has 6 heteroatoms. The van der Waals surface area contributed by atoms with Crippen molar-refractivity contribution in [1.29, 1.82) is 0 Å². The second kappa shape index (κ2) is 5.06. The van der Waals surface area contributed by atoms with Crippen LogP contribution < -0.4 is 10.0 Å². The minimum absolute atomic E-state index is 0.290. The Morgan fingerprint density at radius 1 is 1.43 bits per heavy atom. The summed E-state index contributed by atoms with van der Waals surface area (Å²) in [6, 6.07) is 0.290. The van der Waals surface area contributed by atoms with E-state index in [4.69, 9.17) is 0 Å². The number of hydrogen-bond acceptors (Lipinski definition) is 3. The molecule has 1 saturated heterocycles. The van der Waals surface area contributed by atoms with E-state index in [0.717, 1.165) is 13.0 Å². The molecule has 1 rings (SSSR count). The standard InChI is InChI=1S/C8H19N3O2S/c1-11(2)14(12,13)10-7-8-5-3-4-6-9-8/h8-10H,3-7H2,1-2H3. The monoisotopic (exact) mass is 221 g/mol. The van der Waals surface area contributed by atoms with Gasteiger partial charge in [-0.05, 0) is 19.4 Å². The molecular formula is C8H19N3O2S. The molecule has 84 valence electrons. The van der Waals surface area contributed by atoms with Crippen molar-refractivity contribution in [1.82, 2.24) is 14.3 Å². The van der Waals surface area contributed by atoms with Gasteiger partial charge in [-0.2, -0.15) is 12.7 Å². The maximum absolute atomic E-state index is 11.4. The van der Waals surface area contributed by atoms with E-state index >= 15 is 0 Å². The summed E-state index contributed by atoms with van der Waals surface area (Å²) in [6.07, 6.45) is 3.42. The number of nitrogens with one attached hydrogen (secondary N) is 2. The Morgan fingerprint density at radius 2 is 2.14 bits per heavy atom. The van der Waals surface area contributed by atoms with Crippen LogP contribution in [-0.4, -0.2) is 45.9 Å². The molecule has 1 atom stereocenters. The molecule has 5 nitrogen and oxygen atoms in total. The molecule has 0 aromatic rings. The molecule has 1 aliphatic heterocycles. The van der Waals surface area contributed by atoms with Gasteiger partial charge in [0.15, 0.2) is 0 Å². The van der Waals surface area contributed by atoms with Crippen LogP contribution in [-0.2, 0) is 10.2 Å². The fourth-order valence-electron chi connectivity index (χ4n) is 1.43. The van der Waals surface area contributed by atoms with E-state index in [-0.39, 0.29) is 0 Å². The molecule has 0 aliphatic carbocycles. The second-order valence-corrected chi connectivity index (χ2v) is 5.75. The van der Waals surface area contributed by atoms with Crippen molar-refractivity contribution in [3.63, 3.8) is 0 Å². The normalized spacial score (nSPS) is 24.1. The average molecular weight is 221 g/mol. The molecule has 0 amide bonds. The van der Waals surface area contributed by atoms with E-state index < -0.39 is 10.2 Å². The summed E-state index contributed by atoms with van der Waals surface area (Å²) >= 11 is 0. The molecule has 1 aliphatic rings. The van der Waals surface area contributed by atoms with Crippen LogP contribution in [0.4, 0.5) is 0 Å². The molecule has 0 bridgehead atoms. The van der Waals surface area contributed by atoms with Gasteiger partial charge in [-0.1, -0.05) is 6.42 Å². The third kappa shape index (κ3) is 3.53. The molecule has 0 saturated carbocycles. The molecule has 0 radical (unpaired) electrons. The van der Waals surface area contributed by atoms with Crippen LogP contribution in [0.3, 0.4) is 0 Å². The van der Waals surface area contributed by atoms with Crippen LogP contribution in [0.1, 0.15) is 19.3 Å². The Balaban J connectivity index is 2.32. The maximum atomic E-state index is 11.4. The van der Waals surface area contributed by atoms with Gasteiger partial charge in [0.2, 0.25) is 0 Å². The van der Waals surface area contributed by atoms with E-state index in [1.807, 2.05) is 0 Å². The van der Waals surface area contributed by atoms with E-state index in [1.54, 1.807) is 0 Å². The lowest BCUT2D eigenvalue weighted by Crippen LogP contribution is -2.46. The maximum Gasteiger partial charge on any atom is 0.278 e. The fourth-order valence-corrected chi connectivity index (χ4v) is 2.10. The topological polar surface area (TPSA) is 61.4 Å². The predicted molar refractivity (Wildman–Crippen MR) is 56.3 cm³/mol. The van der Waals surface area contributed by atoms with Crippen LogP contribution in [0.25, 0.3) is 0 Å². The first-order valence-electron chi connectivity index (χ1n) is 4.93. The van der Waals surface area contributed by atoms with Gasteiger partial charge in [-0.3, -0.25) is 0 Å². The van der Waals surface area contributed by atoms with Crippen molar-refractivity contribution in [2.45, 2.75) is 25.3 Å². The van der Waals surface area contributed by atoms with Gasteiger partial charge in [0.25, 0.3) is 10.2 Å². The Morgan fingerprint density at radius 3 is 2.64 bits per heavy atom. The molecule has 0 aromatic carbocycles. The first-order chi connectivity index (χ1) is 6.52. The molecule has 1 fully saturated rings. The lowest BCUT2D eigenvalue weighted by Gasteiger charge is -2.24. The Labute approximate surface area is 86.0 Å². The van der Waals surface area contributed by atoms with E-state index in [0.29, 0.717) is 12.6 Å². The Bertz CT molecular complexity index is 258. The second-order valence-electron chi connectivity index (χ2n) is 3.78. The number of rotatable bonds is 4. The summed E-state index contributed by atoms with van der Waals surface area (Å²) < 4.78 is 26.5. The highest BCUT2D eigenvalue weighted by Gasteiger charge is 2.17. The summed E-state index contributed by atoms with van der Waals surface area (Å²) in [5.74, 6) is 0. The van der Waals surface area contributed by atoms with E-state index in [1.165, 1.54) is 31.2 Å². The van der Waals surface area contributed by atoms with Crippen LogP contribution in [0.2, 0.25) is 0 Å². The molecule has 1 heterocycles. The van der Waals surface area contributed by atoms with Gasteiger partial charge in [-0.15, -0.1) is 0 Å². The summed E-state index contributed by atoms with van der Waals surface area (Å²) in [6.45, 7) is 1.48. The lowest BCUT2D eigenvalue weighted by molar-refractivity contribution is 0.394. The van der Waals surface area contributed by atoms with Gasteiger partial charge < -0.3 is 5.32 Å². The summed E-state index contributed by atoms with van der Waals surface area (Å²) in [7, 11) is -0.205. The number of hydrogen-bond donors (Lipinski definition) is 2. The van der Waals surface area contributed by atoms with Crippen molar-refractivity contribution in [3.05, 3.63) is 0 Å². The van der Waals surface area contributed by atoms with Gasteiger partial charge in [0.1, 0.15) is 0 Å². The Kier molecular flexibility index (Phi) is 4.31. The molecule has 14 heavy (non-hydrogen) atoms. The van der Waals surface area contributed by atoms with Crippen LogP contribution in [0, 0.1) is 0 Å². The van der Waals surface area contributed by atoms with Gasteiger partial charge in [0, 0.05) is 26.7 Å². The van der Waals surface area contributed by atoms with Crippen molar-refractivity contribution >= 4 is 10.2 Å². The van der Waals surface area contributed by atoms with Crippen molar-refractivity contribution < 1.29 is 8.42 Å². The SMILES string of the molecule is CN(C)S(=O)(=O)NCC1CCCCN1. The van der Waals surface area contributed by atoms with E-state index in [2.05, 4.69) is 10.0 Å². The third-order valence-corrected chi connectivity index (χ3v) is 3.90. The third-order valence-electron chi connectivity index (χ3n) is 2.41. The van der Waals surface area contributed by atoms with Crippen molar-refractivity contribution in [3.8, 4) is 0 Å². The molecule has 2 N–H and O–H groups in total. The largest absolute Gasteiger partial charge is 0.313 e. The smallest absolute Gasteiger partial charge is 0.278 e. The quantitative estimate of drug-likeness (QED) is 0.674. The summed E-state index contributed by atoms with van der Waals surface area (Å²) in [5, 5.41) is 3.29. The van der Waals surface area contributed by atoms with Gasteiger partial charge in [-0.25, -0.2) is 4.72 Å². The van der Waals surface area contributed by atoms with Crippen LogP contribution in [0.5, 0.6) is 0 Å². The summed E-state index contributed by atoms with van der Waals surface area (Å²) in [5.41, 5.74) is 0. The first-order valence-corrected chi connectivity index (χ1v) is 6.37.